The van der Waals surface area contributed by atoms with Gasteiger partial charge in [-0.15, -0.1) is 0 Å². The monoisotopic (exact) mass is 469 g/mol. The molecule has 4 rings (SSSR count). The molecule has 0 bridgehead atoms. The van der Waals surface area contributed by atoms with Gasteiger partial charge >= 0.3 is 0 Å². The molecular weight excluding hydrogens is 433 g/mol. The number of halogens is 1. The van der Waals surface area contributed by atoms with Crippen molar-refractivity contribution in [3.05, 3.63) is 47.9 Å². The van der Waals surface area contributed by atoms with Gasteiger partial charge in [-0.05, 0) is 56.5 Å². The highest BCUT2D eigenvalue weighted by Gasteiger charge is 2.34. The Labute approximate surface area is 201 Å². The minimum atomic E-state index is -0.327. The van der Waals surface area contributed by atoms with Gasteiger partial charge in [-0.25, -0.2) is 9.37 Å². The molecule has 184 valence electrons. The fourth-order valence-corrected chi connectivity index (χ4v) is 5.14. The Kier molecular flexibility index (Phi) is 7.84. The quantitative estimate of drug-likeness (QED) is 0.658. The average Bonchev–Trinajstić information content (AvgIpc) is 3.34. The van der Waals surface area contributed by atoms with Crippen molar-refractivity contribution in [2.24, 2.45) is 11.8 Å². The van der Waals surface area contributed by atoms with E-state index in [-0.39, 0.29) is 36.4 Å². The molecule has 2 heterocycles. The van der Waals surface area contributed by atoms with E-state index in [1.807, 2.05) is 6.92 Å². The molecule has 1 aliphatic carbocycles. The van der Waals surface area contributed by atoms with Crippen LogP contribution < -0.4 is 4.74 Å². The van der Waals surface area contributed by atoms with Crippen molar-refractivity contribution in [2.45, 2.75) is 51.7 Å². The van der Waals surface area contributed by atoms with Gasteiger partial charge in [-0.3, -0.25) is 4.79 Å². The number of fused-ring (bicyclic) bond motifs is 1. The zero-order chi connectivity index (χ0) is 24.2. The van der Waals surface area contributed by atoms with Crippen LogP contribution in [0.2, 0.25) is 0 Å². The number of aliphatic hydroxyl groups excluding tert-OH is 1. The van der Waals surface area contributed by atoms with E-state index in [2.05, 4.69) is 23.9 Å². The third-order valence-electron chi connectivity index (χ3n) is 7.23. The first-order valence-corrected chi connectivity index (χ1v) is 12.4. The highest BCUT2D eigenvalue weighted by Crippen LogP contribution is 2.31. The van der Waals surface area contributed by atoms with Crippen LogP contribution in [-0.2, 0) is 0 Å². The van der Waals surface area contributed by atoms with Crippen molar-refractivity contribution >= 4 is 5.91 Å². The van der Waals surface area contributed by atoms with Gasteiger partial charge in [0.25, 0.3) is 5.91 Å². The Morgan fingerprint density at radius 1 is 1.21 bits per heavy atom. The van der Waals surface area contributed by atoms with E-state index in [1.165, 1.54) is 37.8 Å². The topological polar surface area (TPSA) is 65.9 Å². The van der Waals surface area contributed by atoms with Gasteiger partial charge in [0.05, 0.1) is 12.6 Å². The maximum atomic E-state index is 13.6. The second-order valence-corrected chi connectivity index (χ2v) is 10.1. The number of amides is 1. The largest absolute Gasteiger partial charge is 0.472 e. The van der Waals surface area contributed by atoms with Crippen LogP contribution in [0, 0.1) is 17.7 Å². The van der Waals surface area contributed by atoms with Crippen LogP contribution in [0.15, 0.2) is 36.5 Å². The van der Waals surface area contributed by atoms with E-state index < -0.39 is 0 Å². The maximum absolute atomic E-state index is 13.6. The number of pyridine rings is 1. The van der Waals surface area contributed by atoms with Crippen molar-refractivity contribution in [1.29, 1.82) is 0 Å². The molecule has 1 aliphatic heterocycles. The number of likely N-dealkylation sites (N-methyl/N-ethyl adjacent to an activating group) is 1. The van der Waals surface area contributed by atoms with Crippen LogP contribution in [0.3, 0.4) is 0 Å². The van der Waals surface area contributed by atoms with Crippen LogP contribution in [0.5, 0.6) is 5.88 Å². The van der Waals surface area contributed by atoms with Gasteiger partial charge in [-0.1, -0.05) is 31.9 Å². The lowest BCUT2D eigenvalue weighted by atomic mass is 9.98. The van der Waals surface area contributed by atoms with Crippen molar-refractivity contribution in [3.8, 4) is 17.0 Å². The molecule has 1 amide bonds. The summed E-state index contributed by atoms with van der Waals surface area (Å²) >= 11 is 0. The zero-order valence-corrected chi connectivity index (χ0v) is 20.4. The molecule has 34 heavy (non-hydrogen) atoms. The summed E-state index contributed by atoms with van der Waals surface area (Å²) in [6, 6.07) is 7.57. The summed E-state index contributed by atoms with van der Waals surface area (Å²) in [5, 5.41) is 9.85. The third kappa shape index (κ3) is 5.58. The molecule has 3 atom stereocenters. The summed E-state index contributed by atoms with van der Waals surface area (Å²) < 4.78 is 19.8. The average molecular weight is 470 g/mol. The predicted molar refractivity (Wildman–Crippen MR) is 130 cm³/mol. The molecule has 2 aromatic rings. The van der Waals surface area contributed by atoms with Crippen LogP contribution in [0.25, 0.3) is 11.1 Å². The van der Waals surface area contributed by atoms with Gasteiger partial charge in [0, 0.05) is 37.3 Å². The normalized spacial score (nSPS) is 22.3. The molecule has 0 unspecified atom stereocenters. The summed E-state index contributed by atoms with van der Waals surface area (Å²) in [5.41, 5.74) is 1.86. The first-order chi connectivity index (χ1) is 16.4. The Balaban J connectivity index is 1.64. The third-order valence-corrected chi connectivity index (χ3v) is 7.23. The number of carbonyl (C=O) groups is 1. The number of carbonyl (C=O) groups excluding carboxylic acids is 1. The van der Waals surface area contributed by atoms with E-state index in [0.717, 1.165) is 30.1 Å². The SMILES string of the molecule is C[C@@H]1CN([C@H](C)CO)C(=O)c2cc(-c3ccc(F)cc3)cnc2O[C@H]1CN(C)CC1CCCC1. The van der Waals surface area contributed by atoms with Crippen molar-refractivity contribution < 1.29 is 19.0 Å². The fourth-order valence-electron chi connectivity index (χ4n) is 5.14. The van der Waals surface area contributed by atoms with E-state index in [9.17, 15) is 14.3 Å². The van der Waals surface area contributed by atoms with Crippen LogP contribution in [0.4, 0.5) is 4.39 Å². The second kappa shape index (κ2) is 10.8. The van der Waals surface area contributed by atoms with Crippen LogP contribution in [0.1, 0.15) is 49.9 Å². The van der Waals surface area contributed by atoms with E-state index >= 15 is 0 Å². The number of aliphatic hydroxyl groups is 1. The highest BCUT2D eigenvalue weighted by molar-refractivity contribution is 5.98. The van der Waals surface area contributed by atoms with Gasteiger partial charge < -0.3 is 19.6 Å². The number of hydrogen-bond acceptors (Lipinski definition) is 5. The van der Waals surface area contributed by atoms with Gasteiger partial charge in [-0.2, -0.15) is 0 Å². The number of benzene rings is 1. The summed E-state index contributed by atoms with van der Waals surface area (Å²) in [6.45, 7) is 6.11. The minimum absolute atomic E-state index is 0.0655. The number of nitrogens with zero attached hydrogens (tertiary/aromatic N) is 3. The van der Waals surface area contributed by atoms with Crippen LogP contribution >= 0.6 is 0 Å². The first-order valence-electron chi connectivity index (χ1n) is 12.4. The number of rotatable bonds is 7. The Morgan fingerprint density at radius 2 is 1.91 bits per heavy atom. The molecule has 7 heteroatoms. The zero-order valence-electron chi connectivity index (χ0n) is 20.4. The first kappa shape index (κ1) is 24.6. The smallest absolute Gasteiger partial charge is 0.259 e. The summed E-state index contributed by atoms with van der Waals surface area (Å²) in [6.07, 6.45) is 6.74. The molecule has 1 aromatic carbocycles. The van der Waals surface area contributed by atoms with E-state index in [1.54, 1.807) is 29.3 Å². The Bertz CT molecular complexity index is 978. The van der Waals surface area contributed by atoms with Gasteiger partial charge in [0.1, 0.15) is 17.5 Å². The van der Waals surface area contributed by atoms with Gasteiger partial charge in [0.15, 0.2) is 0 Å². The lowest BCUT2D eigenvalue weighted by Gasteiger charge is -2.38. The molecule has 1 N–H and O–H groups in total. The molecular formula is C27H36FN3O3. The van der Waals surface area contributed by atoms with Crippen LogP contribution in [-0.4, -0.2) is 71.2 Å². The molecule has 0 saturated heterocycles. The molecule has 1 saturated carbocycles. The summed E-state index contributed by atoms with van der Waals surface area (Å²) in [4.78, 5) is 22.2. The highest BCUT2D eigenvalue weighted by atomic mass is 19.1. The fraction of sp³-hybridized carbons (Fsp3) is 0.556. The van der Waals surface area contributed by atoms with E-state index in [4.69, 9.17) is 4.74 Å². The standard InChI is InChI=1S/C27H36FN3O3/c1-18-14-31(19(2)17-32)27(33)24-12-22(21-8-10-23(28)11-9-21)13-29-26(24)34-25(18)16-30(3)15-20-6-4-5-7-20/h8-13,18-20,25,32H,4-7,14-17H2,1-3H3/t18-,19-,25+/m1/s1. The summed E-state index contributed by atoms with van der Waals surface area (Å²) in [5.74, 6) is 0.596. The molecule has 2 aliphatic rings. The molecule has 6 nitrogen and oxygen atoms in total. The maximum Gasteiger partial charge on any atom is 0.259 e. The minimum Gasteiger partial charge on any atom is -0.472 e. The van der Waals surface area contributed by atoms with E-state index in [0.29, 0.717) is 18.0 Å². The number of hydrogen-bond donors (Lipinski definition) is 1. The Hall–Kier alpha value is -2.51. The Morgan fingerprint density at radius 3 is 2.59 bits per heavy atom. The van der Waals surface area contributed by atoms with Gasteiger partial charge in [0.2, 0.25) is 5.88 Å². The summed E-state index contributed by atoms with van der Waals surface area (Å²) in [7, 11) is 2.14. The number of ether oxygens (including phenoxy) is 1. The molecule has 0 spiro atoms. The lowest BCUT2D eigenvalue weighted by Crippen LogP contribution is -2.50. The van der Waals surface area contributed by atoms with Crippen molar-refractivity contribution in [3.63, 3.8) is 0 Å². The van der Waals surface area contributed by atoms with Crippen molar-refractivity contribution in [2.75, 3.05) is 33.3 Å². The molecule has 1 fully saturated rings. The second-order valence-electron chi connectivity index (χ2n) is 10.1. The lowest BCUT2D eigenvalue weighted by molar-refractivity contribution is 0.0320. The molecule has 0 radical (unpaired) electrons. The van der Waals surface area contributed by atoms with Crippen molar-refractivity contribution in [1.82, 2.24) is 14.8 Å². The molecule has 1 aromatic heterocycles. The number of aromatic nitrogens is 1. The predicted octanol–water partition coefficient (Wildman–Crippen LogP) is 4.23.